The maximum Gasteiger partial charge on any atom is 0.187 e. The summed E-state index contributed by atoms with van der Waals surface area (Å²) in [5, 5.41) is 1.87. The molecule has 19 heavy (non-hydrogen) atoms. The number of aryl methyl sites for hydroxylation is 1. The Hall–Kier alpha value is -1.62. The molecule has 0 bridgehead atoms. The van der Waals surface area contributed by atoms with E-state index in [9.17, 15) is 0 Å². The third-order valence-electron chi connectivity index (χ3n) is 3.30. The predicted octanol–water partition coefficient (Wildman–Crippen LogP) is 3.59. The summed E-state index contributed by atoms with van der Waals surface area (Å²) in [6, 6.07) is 2.47. The molecule has 98 valence electrons. The summed E-state index contributed by atoms with van der Waals surface area (Å²) in [4.78, 5) is 13.6. The Kier molecular flexibility index (Phi) is 2.93. The van der Waals surface area contributed by atoms with Crippen LogP contribution in [0.4, 0.5) is 0 Å². The van der Waals surface area contributed by atoms with Crippen LogP contribution in [0.5, 0.6) is 0 Å². The first kappa shape index (κ1) is 12.4. The Balaban J connectivity index is 2.49. The molecule has 3 aromatic rings. The Morgan fingerprint density at radius 1 is 1.21 bits per heavy atom. The van der Waals surface area contributed by atoms with Crippen LogP contribution in [-0.2, 0) is 0 Å². The van der Waals surface area contributed by atoms with Crippen molar-refractivity contribution in [1.29, 1.82) is 0 Å². The molecule has 1 aromatic carbocycles. The number of imidazole rings is 1. The zero-order chi connectivity index (χ0) is 13.6. The number of hydrogen-bond acceptors (Lipinski definition) is 4. The molecule has 0 radical (unpaired) electrons. The highest BCUT2D eigenvalue weighted by Gasteiger charge is 2.14. The summed E-state index contributed by atoms with van der Waals surface area (Å²) >= 11 is 1.56. The van der Waals surface area contributed by atoms with E-state index < -0.39 is 0 Å². The van der Waals surface area contributed by atoms with Crippen LogP contribution in [0, 0.1) is 6.92 Å². The number of fused-ring (bicyclic) bond motifs is 3. The van der Waals surface area contributed by atoms with E-state index in [1.54, 1.807) is 11.8 Å². The molecular weight excluding hydrogens is 256 g/mol. The van der Waals surface area contributed by atoms with Crippen molar-refractivity contribution < 1.29 is 0 Å². The van der Waals surface area contributed by atoms with Crippen molar-refractivity contribution in [2.24, 2.45) is 0 Å². The Morgan fingerprint density at radius 3 is 2.68 bits per heavy atom. The molecular formula is C14H16N4S. The Labute approximate surface area is 116 Å². The van der Waals surface area contributed by atoms with Crippen molar-refractivity contribution >= 4 is 33.7 Å². The monoisotopic (exact) mass is 272 g/mol. The third-order valence-corrected chi connectivity index (χ3v) is 3.86. The lowest BCUT2D eigenvalue weighted by atomic mass is 10.1. The molecule has 0 saturated carbocycles. The van der Waals surface area contributed by atoms with Gasteiger partial charge in [-0.05, 0) is 38.7 Å². The van der Waals surface area contributed by atoms with Crippen molar-refractivity contribution in [3.05, 3.63) is 24.2 Å². The highest BCUT2D eigenvalue weighted by Crippen LogP contribution is 2.29. The van der Waals surface area contributed by atoms with Gasteiger partial charge >= 0.3 is 0 Å². The van der Waals surface area contributed by atoms with Gasteiger partial charge in [0.1, 0.15) is 5.52 Å². The fourth-order valence-corrected chi connectivity index (χ4v) is 2.69. The van der Waals surface area contributed by atoms with Crippen molar-refractivity contribution in [3.63, 3.8) is 0 Å². The van der Waals surface area contributed by atoms with Crippen LogP contribution in [0.15, 0.2) is 23.7 Å². The molecule has 0 aliphatic rings. The first-order valence-electron chi connectivity index (χ1n) is 6.28. The Morgan fingerprint density at radius 2 is 2.00 bits per heavy atom. The van der Waals surface area contributed by atoms with Gasteiger partial charge in [0.2, 0.25) is 0 Å². The normalized spacial score (nSPS) is 11.8. The topological polar surface area (TPSA) is 43.6 Å². The van der Waals surface area contributed by atoms with Gasteiger partial charge in [0.25, 0.3) is 0 Å². The van der Waals surface area contributed by atoms with Gasteiger partial charge < -0.3 is 4.57 Å². The van der Waals surface area contributed by atoms with Crippen molar-refractivity contribution in [1.82, 2.24) is 19.5 Å². The molecule has 3 rings (SSSR count). The summed E-state index contributed by atoms with van der Waals surface area (Å²) in [5.41, 5.74) is 4.31. The van der Waals surface area contributed by atoms with Crippen LogP contribution in [0.25, 0.3) is 21.9 Å². The van der Waals surface area contributed by atoms with Crippen LogP contribution in [0.1, 0.15) is 25.5 Å². The van der Waals surface area contributed by atoms with Gasteiger partial charge in [-0.2, -0.15) is 0 Å². The summed E-state index contributed by atoms with van der Waals surface area (Å²) < 4.78 is 2.18. The van der Waals surface area contributed by atoms with Crippen LogP contribution in [-0.4, -0.2) is 25.8 Å². The van der Waals surface area contributed by atoms with Crippen LogP contribution in [0.2, 0.25) is 0 Å². The quantitative estimate of drug-likeness (QED) is 0.528. The SMILES string of the molecule is CSc1ncc2cc(C)c3ncn(C(C)C)c3c2n1. The first-order valence-corrected chi connectivity index (χ1v) is 7.51. The highest BCUT2D eigenvalue weighted by molar-refractivity contribution is 7.98. The molecule has 5 heteroatoms. The average Bonchev–Trinajstić information content (AvgIpc) is 2.84. The average molecular weight is 272 g/mol. The van der Waals surface area contributed by atoms with Gasteiger partial charge in [-0.15, -0.1) is 0 Å². The maximum atomic E-state index is 4.67. The van der Waals surface area contributed by atoms with Gasteiger partial charge in [0.15, 0.2) is 5.16 Å². The number of aromatic nitrogens is 4. The van der Waals surface area contributed by atoms with E-state index in [0.29, 0.717) is 6.04 Å². The second kappa shape index (κ2) is 4.49. The molecule has 0 N–H and O–H groups in total. The summed E-state index contributed by atoms with van der Waals surface area (Å²) in [7, 11) is 0. The lowest BCUT2D eigenvalue weighted by molar-refractivity contribution is 0.618. The molecule has 0 saturated heterocycles. The summed E-state index contributed by atoms with van der Waals surface area (Å²) in [6.45, 7) is 6.40. The van der Waals surface area contributed by atoms with Gasteiger partial charge in [-0.25, -0.2) is 15.0 Å². The number of thioether (sulfide) groups is 1. The minimum Gasteiger partial charge on any atom is -0.326 e. The van der Waals surface area contributed by atoms with Crippen molar-refractivity contribution in [2.45, 2.75) is 32.0 Å². The van der Waals surface area contributed by atoms with Gasteiger partial charge in [0.05, 0.1) is 17.4 Å². The van der Waals surface area contributed by atoms with E-state index in [1.165, 1.54) is 5.56 Å². The lowest BCUT2D eigenvalue weighted by Gasteiger charge is -2.10. The van der Waals surface area contributed by atoms with E-state index in [4.69, 9.17) is 0 Å². The Bertz CT molecular complexity index is 761. The molecule has 2 aromatic heterocycles. The smallest absolute Gasteiger partial charge is 0.187 e. The second-order valence-corrected chi connectivity index (χ2v) is 5.70. The molecule has 0 amide bonds. The molecule has 0 spiro atoms. The van der Waals surface area contributed by atoms with E-state index in [-0.39, 0.29) is 0 Å². The summed E-state index contributed by atoms with van der Waals surface area (Å²) in [6.07, 6.45) is 5.80. The van der Waals surface area contributed by atoms with Gasteiger partial charge in [0, 0.05) is 17.6 Å². The van der Waals surface area contributed by atoms with Crippen LogP contribution < -0.4 is 0 Å². The lowest BCUT2D eigenvalue weighted by Crippen LogP contribution is -2.00. The zero-order valence-electron chi connectivity index (χ0n) is 11.5. The molecule has 4 nitrogen and oxygen atoms in total. The number of rotatable bonds is 2. The molecule has 0 aliphatic heterocycles. The third kappa shape index (κ3) is 1.89. The first-order chi connectivity index (χ1) is 9.11. The minimum absolute atomic E-state index is 0.364. The predicted molar refractivity (Wildman–Crippen MR) is 79.7 cm³/mol. The van der Waals surface area contributed by atoms with Crippen molar-refractivity contribution in [3.8, 4) is 0 Å². The standard InChI is InChI=1S/C14H16N4S/c1-8(2)18-7-16-11-9(3)5-10-6-15-14(19-4)17-12(10)13(11)18/h5-8H,1-4H3. The number of hydrogen-bond donors (Lipinski definition) is 0. The molecule has 2 heterocycles. The fraction of sp³-hybridized carbons (Fsp3) is 0.357. The summed E-state index contributed by atoms with van der Waals surface area (Å²) in [5.74, 6) is 0. The van der Waals surface area contributed by atoms with E-state index in [1.807, 2.05) is 18.8 Å². The fourth-order valence-electron chi connectivity index (χ4n) is 2.35. The molecule has 0 aliphatic carbocycles. The van der Waals surface area contributed by atoms with E-state index in [0.717, 1.165) is 27.1 Å². The molecule has 0 unspecified atom stereocenters. The molecule has 0 fully saturated rings. The van der Waals surface area contributed by atoms with Gasteiger partial charge in [-0.3, -0.25) is 0 Å². The van der Waals surface area contributed by atoms with E-state index >= 15 is 0 Å². The highest BCUT2D eigenvalue weighted by atomic mass is 32.2. The largest absolute Gasteiger partial charge is 0.326 e. The van der Waals surface area contributed by atoms with E-state index in [2.05, 4.69) is 46.4 Å². The van der Waals surface area contributed by atoms with Crippen LogP contribution in [0.3, 0.4) is 0 Å². The number of benzene rings is 1. The second-order valence-electron chi connectivity index (χ2n) is 4.93. The van der Waals surface area contributed by atoms with Gasteiger partial charge in [-0.1, -0.05) is 11.8 Å². The zero-order valence-corrected chi connectivity index (χ0v) is 12.3. The van der Waals surface area contributed by atoms with Crippen LogP contribution >= 0.6 is 11.8 Å². The molecule has 0 atom stereocenters. The van der Waals surface area contributed by atoms with Crippen molar-refractivity contribution in [2.75, 3.05) is 6.26 Å². The maximum absolute atomic E-state index is 4.67. The minimum atomic E-state index is 0.364. The number of nitrogens with zero attached hydrogens (tertiary/aromatic N) is 4.